The fourth-order valence-electron chi connectivity index (χ4n) is 2.16. The highest BCUT2D eigenvalue weighted by atomic mass is 35.5. The maximum absolute atomic E-state index is 13.0. The maximum atomic E-state index is 13.0. The van der Waals surface area contributed by atoms with Crippen molar-refractivity contribution in [3.8, 4) is 11.4 Å². The Kier molecular flexibility index (Phi) is 6.17. The molecule has 0 aliphatic carbocycles. The van der Waals surface area contributed by atoms with Gasteiger partial charge in [-0.1, -0.05) is 5.16 Å². The Morgan fingerprint density at radius 2 is 2.04 bits per heavy atom. The molecule has 0 fully saturated rings. The summed E-state index contributed by atoms with van der Waals surface area (Å²) >= 11 is 4.84. The predicted molar refractivity (Wildman–Crippen MR) is 93.1 cm³/mol. The topological polar surface area (TPSA) is 90.1 Å². The van der Waals surface area contributed by atoms with Crippen LogP contribution in [-0.4, -0.2) is 27.3 Å². The molecule has 2 aromatic heterocycles. The highest BCUT2D eigenvalue weighted by Crippen LogP contribution is 2.47. The summed E-state index contributed by atoms with van der Waals surface area (Å²) in [5, 5.41) is 2.72. The monoisotopic (exact) mass is 408 g/mol. The van der Waals surface area contributed by atoms with Crippen LogP contribution in [0.25, 0.3) is 11.4 Å². The number of alkyl halides is 3. The summed E-state index contributed by atoms with van der Waals surface area (Å²) in [6.45, 7) is 7.70. The Hall–Kier alpha value is -1.41. The Labute approximate surface area is 155 Å². The molecule has 2 rings (SSSR count). The molecule has 0 amide bonds. The van der Waals surface area contributed by atoms with Crippen molar-refractivity contribution in [1.82, 2.24) is 20.2 Å². The number of hydrogen-bond donors (Lipinski definition) is 1. The molecule has 7 nitrogen and oxygen atoms in total. The number of halogens is 3. The van der Waals surface area contributed by atoms with E-state index in [-0.39, 0.29) is 18.6 Å². The van der Waals surface area contributed by atoms with E-state index in [0.29, 0.717) is 11.3 Å². The molecular weight excluding hydrogens is 389 g/mol. The van der Waals surface area contributed by atoms with Crippen molar-refractivity contribution < 1.29 is 22.4 Å². The number of rotatable bonds is 7. The lowest BCUT2D eigenvalue weighted by Gasteiger charge is -2.28. The molecule has 0 aromatic carbocycles. The lowest BCUT2D eigenvalue weighted by molar-refractivity contribution is 0.0551. The molecule has 11 heteroatoms. The van der Waals surface area contributed by atoms with Gasteiger partial charge in [0.2, 0.25) is 5.82 Å². The van der Waals surface area contributed by atoms with Crippen LogP contribution < -0.4 is 5.09 Å². The van der Waals surface area contributed by atoms with Gasteiger partial charge in [-0.3, -0.25) is 9.55 Å². The van der Waals surface area contributed by atoms with Crippen molar-refractivity contribution in [3.63, 3.8) is 0 Å². The Bertz CT molecular complexity index is 787. The first-order chi connectivity index (χ1) is 11.9. The van der Waals surface area contributed by atoms with Crippen molar-refractivity contribution >= 4 is 19.1 Å². The Morgan fingerprint density at radius 1 is 1.35 bits per heavy atom. The second-order valence-corrected chi connectivity index (χ2v) is 9.19. The zero-order valence-electron chi connectivity index (χ0n) is 14.8. The van der Waals surface area contributed by atoms with Gasteiger partial charge in [-0.05, 0) is 51.4 Å². The average Bonchev–Trinajstić information content (AvgIpc) is 2.95. The SMILES string of the molecule is CCOP(=O)(Cc1ccc(-c2noc(C(F)(F)Cl)n2)cn1)NC(C)(C)C. The molecule has 2 aromatic rings. The summed E-state index contributed by atoms with van der Waals surface area (Å²) in [5.41, 5.74) is 0.465. The van der Waals surface area contributed by atoms with E-state index in [1.807, 2.05) is 20.8 Å². The molecule has 2 heterocycles. The van der Waals surface area contributed by atoms with Crippen LogP contribution in [0, 0.1) is 0 Å². The molecule has 0 saturated heterocycles. The van der Waals surface area contributed by atoms with Gasteiger partial charge >= 0.3 is 11.3 Å². The van der Waals surface area contributed by atoms with Crippen molar-refractivity contribution in [1.29, 1.82) is 0 Å². The molecule has 1 N–H and O–H groups in total. The minimum Gasteiger partial charge on any atom is -0.331 e. The van der Waals surface area contributed by atoms with Crippen LogP contribution in [0.15, 0.2) is 22.9 Å². The third kappa shape index (κ3) is 5.81. The van der Waals surface area contributed by atoms with Crippen molar-refractivity contribution in [2.45, 2.75) is 44.8 Å². The second kappa shape index (κ2) is 7.68. The van der Waals surface area contributed by atoms with Crippen LogP contribution >= 0.6 is 19.1 Å². The number of aromatic nitrogens is 3. The lowest BCUT2D eigenvalue weighted by Crippen LogP contribution is -2.34. The summed E-state index contributed by atoms with van der Waals surface area (Å²) < 4.78 is 48.7. The quantitative estimate of drug-likeness (QED) is 0.531. The molecule has 0 spiro atoms. The molecule has 26 heavy (non-hydrogen) atoms. The van der Waals surface area contributed by atoms with E-state index >= 15 is 0 Å². The summed E-state index contributed by atoms with van der Waals surface area (Å²) in [6, 6.07) is 3.16. The first kappa shape index (κ1) is 20.9. The Morgan fingerprint density at radius 3 is 2.50 bits per heavy atom. The average molecular weight is 409 g/mol. The fourth-order valence-corrected chi connectivity index (χ4v) is 4.52. The molecule has 0 aliphatic rings. The van der Waals surface area contributed by atoms with E-state index in [0.717, 1.165) is 0 Å². The molecule has 0 bridgehead atoms. The van der Waals surface area contributed by atoms with Gasteiger partial charge in [-0.2, -0.15) is 13.8 Å². The van der Waals surface area contributed by atoms with E-state index < -0.39 is 24.3 Å². The first-order valence-electron chi connectivity index (χ1n) is 7.81. The molecule has 1 unspecified atom stereocenters. The smallest absolute Gasteiger partial charge is 0.331 e. The van der Waals surface area contributed by atoms with Crippen LogP contribution in [0.5, 0.6) is 0 Å². The van der Waals surface area contributed by atoms with E-state index in [9.17, 15) is 13.3 Å². The van der Waals surface area contributed by atoms with Crippen LogP contribution in [0.2, 0.25) is 0 Å². The summed E-state index contributed by atoms with van der Waals surface area (Å²) in [5.74, 6) is -1.06. The van der Waals surface area contributed by atoms with Gasteiger partial charge in [0.05, 0.1) is 18.5 Å². The van der Waals surface area contributed by atoms with Gasteiger partial charge in [-0.15, -0.1) is 0 Å². The molecule has 0 radical (unpaired) electrons. The van der Waals surface area contributed by atoms with Crippen LogP contribution in [0.3, 0.4) is 0 Å². The summed E-state index contributed by atoms with van der Waals surface area (Å²) in [6.07, 6.45) is 1.46. The third-order valence-corrected chi connectivity index (χ3v) is 5.55. The normalized spacial score (nSPS) is 15.0. The lowest BCUT2D eigenvalue weighted by atomic mass is 10.1. The molecular formula is C15H20ClF2N4O3P. The van der Waals surface area contributed by atoms with Gasteiger partial charge < -0.3 is 9.05 Å². The molecule has 144 valence electrons. The van der Waals surface area contributed by atoms with Gasteiger partial charge in [0.1, 0.15) is 0 Å². The summed E-state index contributed by atoms with van der Waals surface area (Å²) in [7, 11) is -3.15. The maximum Gasteiger partial charge on any atom is 0.400 e. The van der Waals surface area contributed by atoms with Crippen LogP contribution in [0.1, 0.15) is 39.3 Å². The minimum atomic E-state index is -3.73. The number of hydrogen-bond acceptors (Lipinski definition) is 6. The van der Waals surface area contributed by atoms with E-state index in [1.54, 1.807) is 19.1 Å². The van der Waals surface area contributed by atoms with Crippen molar-refractivity contribution in [3.05, 3.63) is 29.9 Å². The molecule has 0 saturated carbocycles. The number of nitrogens with one attached hydrogen (secondary N) is 1. The zero-order chi connectivity index (χ0) is 19.6. The third-order valence-electron chi connectivity index (χ3n) is 2.97. The van der Waals surface area contributed by atoms with Gasteiger partial charge in [-0.25, -0.2) is 5.09 Å². The summed E-state index contributed by atoms with van der Waals surface area (Å²) in [4.78, 5) is 7.73. The largest absolute Gasteiger partial charge is 0.400 e. The second-order valence-electron chi connectivity index (χ2n) is 6.57. The van der Waals surface area contributed by atoms with Gasteiger partial charge in [0.15, 0.2) is 0 Å². The fraction of sp³-hybridized carbons (Fsp3) is 0.533. The Balaban J connectivity index is 2.18. The number of pyridine rings is 1. The van der Waals surface area contributed by atoms with Crippen molar-refractivity contribution in [2.24, 2.45) is 0 Å². The van der Waals surface area contributed by atoms with Gasteiger partial charge in [0.25, 0.3) is 7.52 Å². The molecule has 1 atom stereocenters. The van der Waals surface area contributed by atoms with Gasteiger partial charge in [0, 0.05) is 17.3 Å². The predicted octanol–water partition coefficient (Wildman–Crippen LogP) is 4.54. The standard InChI is InChI=1S/C15H20ClF2N4O3P/c1-5-24-26(23,22-14(2,3)4)9-11-7-6-10(8-19-11)12-20-13(25-21-12)15(16,17)18/h6-8H,5,9H2,1-4H3,(H,22,23). The molecule has 0 aliphatic heterocycles. The first-order valence-corrected chi connectivity index (χ1v) is 10.00. The van der Waals surface area contributed by atoms with Crippen LogP contribution in [-0.2, 0) is 20.6 Å². The van der Waals surface area contributed by atoms with Crippen LogP contribution in [0.4, 0.5) is 8.78 Å². The number of nitrogens with zero attached hydrogens (tertiary/aromatic N) is 3. The highest BCUT2D eigenvalue weighted by molar-refractivity contribution is 7.56. The van der Waals surface area contributed by atoms with E-state index in [1.165, 1.54) is 6.20 Å². The van der Waals surface area contributed by atoms with Crippen molar-refractivity contribution in [2.75, 3.05) is 6.61 Å². The van der Waals surface area contributed by atoms with E-state index in [2.05, 4.69) is 24.7 Å². The zero-order valence-corrected chi connectivity index (χ0v) is 16.4. The minimum absolute atomic E-state index is 0.0693. The van der Waals surface area contributed by atoms with E-state index in [4.69, 9.17) is 16.1 Å². The highest BCUT2D eigenvalue weighted by Gasteiger charge is 2.36.